The summed E-state index contributed by atoms with van der Waals surface area (Å²) < 4.78 is 0. The van der Waals surface area contributed by atoms with E-state index in [1.54, 1.807) is 0 Å². The minimum atomic E-state index is 0.422. The van der Waals surface area contributed by atoms with Gasteiger partial charge in [0.05, 0.1) is 0 Å². The van der Waals surface area contributed by atoms with Crippen LogP contribution in [-0.4, -0.2) is 7.28 Å². The van der Waals surface area contributed by atoms with Crippen molar-refractivity contribution in [3.63, 3.8) is 0 Å². The molecule has 0 unspecified atom stereocenters. The smallest absolute Gasteiger partial charge is 0.0682 e. The predicted molar refractivity (Wildman–Crippen MR) is 56.9 cm³/mol. The van der Waals surface area contributed by atoms with Crippen molar-refractivity contribution in [2.24, 2.45) is 5.92 Å². The Morgan fingerprint density at radius 2 is 1.50 bits per heavy atom. The van der Waals surface area contributed by atoms with Crippen molar-refractivity contribution in [1.82, 2.24) is 0 Å². The summed E-state index contributed by atoms with van der Waals surface area (Å²) in [7, 11) is 2.55. The third kappa shape index (κ3) is 3.64. The van der Waals surface area contributed by atoms with Crippen molar-refractivity contribution in [3.05, 3.63) is 0 Å². The van der Waals surface area contributed by atoms with Gasteiger partial charge in [0, 0.05) is 0 Å². The van der Waals surface area contributed by atoms with Crippen molar-refractivity contribution < 1.29 is 0 Å². The van der Waals surface area contributed by atoms with Gasteiger partial charge in [0.2, 0.25) is 0 Å². The average molecular weight is 165 g/mol. The number of hydrogen-bond acceptors (Lipinski definition) is 0. The van der Waals surface area contributed by atoms with E-state index in [9.17, 15) is 0 Å². The first-order valence-corrected chi connectivity index (χ1v) is 5.33. The van der Waals surface area contributed by atoms with Crippen LogP contribution in [-0.2, 0) is 0 Å². The van der Waals surface area contributed by atoms with Gasteiger partial charge in [-0.2, -0.15) is 0 Å². The lowest BCUT2D eigenvalue weighted by atomic mass is 9.45. The summed E-state index contributed by atoms with van der Waals surface area (Å²) in [5.41, 5.74) is 0. The Bertz CT molecular complexity index is 126. The first-order valence-electron chi connectivity index (χ1n) is 5.33. The van der Waals surface area contributed by atoms with Gasteiger partial charge in [0.15, 0.2) is 0 Å². The van der Waals surface area contributed by atoms with Crippen molar-refractivity contribution >= 4 is 7.28 Å². The van der Waals surface area contributed by atoms with Crippen molar-refractivity contribution in [2.75, 3.05) is 0 Å². The van der Waals surface area contributed by atoms with E-state index in [0.717, 1.165) is 11.7 Å². The Labute approximate surface area is 78.4 Å². The first-order chi connectivity index (χ1) is 5.47. The predicted octanol–water partition coefficient (Wildman–Crippen LogP) is 3.91. The fourth-order valence-electron chi connectivity index (χ4n) is 2.16. The lowest BCUT2D eigenvalue weighted by molar-refractivity contribution is 0.380. The molecule has 0 aromatic heterocycles. The monoisotopic (exact) mass is 165 g/mol. The van der Waals surface area contributed by atoms with Gasteiger partial charge < -0.3 is 0 Å². The zero-order valence-electron chi connectivity index (χ0n) is 9.06. The van der Waals surface area contributed by atoms with Gasteiger partial charge >= 0.3 is 0 Å². The van der Waals surface area contributed by atoms with E-state index < -0.39 is 0 Å². The van der Waals surface area contributed by atoms with Crippen LogP contribution in [0.5, 0.6) is 0 Å². The maximum absolute atomic E-state index is 2.55. The molecule has 0 heterocycles. The van der Waals surface area contributed by atoms with E-state index in [4.69, 9.17) is 0 Å². The highest BCUT2D eigenvalue weighted by atomic mass is 14.2. The Balaban J connectivity index is 2.26. The van der Waals surface area contributed by atoms with Crippen LogP contribution >= 0.6 is 0 Å². The second-order valence-electron chi connectivity index (χ2n) is 5.55. The molecule has 0 N–H and O–H groups in total. The summed E-state index contributed by atoms with van der Waals surface area (Å²) in [6, 6.07) is 0. The van der Waals surface area contributed by atoms with Crippen LogP contribution in [0.1, 0.15) is 53.4 Å². The van der Waals surface area contributed by atoms with Gasteiger partial charge in [-0.05, 0) is 5.92 Å². The van der Waals surface area contributed by atoms with E-state index in [-0.39, 0.29) is 0 Å². The molecule has 1 aliphatic rings. The largest absolute Gasteiger partial charge is 0.120 e. The molecule has 1 heteroatoms. The molecule has 0 aromatic rings. The summed E-state index contributed by atoms with van der Waals surface area (Å²) in [6.45, 7) is 9.31. The molecule has 0 nitrogen and oxygen atoms in total. The van der Waals surface area contributed by atoms with Crippen LogP contribution in [0.3, 0.4) is 0 Å². The lowest BCUT2D eigenvalue weighted by Crippen LogP contribution is -2.19. The van der Waals surface area contributed by atoms with E-state index >= 15 is 0 Å². The summed E-state index contributed by atoms with van der Waals surface area (Å²) in [6.07, 6.45) is 5.74. The van der Waals surface area contributed by atoms with Crippen molar-refractivity contribution in [3.8, 4) is 0 Å². The molecule has 0 atom stereocenters. The summed E-state index contributed by atoms with van der Waals surface area (Å²) in [5.74, 6) is 1.89. The molecule has 1 fully saturated rings. The van der Waals surface area contributed by atoms with Crippen molar-refractivity contribution in [1.29, 1.82) is 0 Å². The van der Waals surface area contributed by atoms with Gasteiger partial charge in [-0.3, -0.25) is 0 Å². The van der Waals surface area contributed by atoms with Crippen LogP contribution in [0.15, 0.2) is 0 Å². The average Bonchev–Trinajstić information content (AvgIpc) is 1.91. The summed E-state index contributed by atoms with van der Waals surface area (Å²) >= 11 is 0. The molecule has 0 amide bonds. The quantitative estimate of drug-likeness (QED) is 0.516. The molecular formula is C11H22B. The van der Waals surface area contributed by atoms with Gasteiger partial charge in [-0.25, -0.2) is 0 Å². The molecule has 1 saturated carbocycles. The van der Waals surface area contributed by atoms with Gasteiger partial charge in [0.1, 0.15) is 7.28 Å². The molecule has 0 aliphatic heterocycles. The van der Waals surface area contributed by atoms with Gasteiger partial charge in [-0.15, -0.1) is 0 Å². The van der Waals surface area contributed by atoms with Crippen LogP contribution < -0.4 is 0 Å². The molecule has 0 aromatic carbocycles. The van der Waals surface area contributed by atoms with E-state index in [1.807, 2.05) is 0 Å². The Morgan fingerprint density at radius 3 is 1.92 bits per heavy atom. The minimum absolute atomic E-state index is 0.422. The van der Waals surface area contributed by atoms with Crippen molar-refractivity contribution in [2.45, 2.75) is 64.5 Å². The highest BCUT2D eigenvalue weighted by Gasteiger charge is 2.24. The molecule has 12 heavy (non-hydrogen) atoms. The molecule has 0 spiro atoms. The first kappa shape index (κ1) is 10.1. The number of hydrogen-bond donors (Lipinski definition) is 0. The molecular weight excluding hydrogens is 143 g/mol. The normalized spacial score (nSPS) is 31.7. The molecule has 0 saturated heterocycles. The van der Waals surface area contributed by atoms with E-state index in [0.29, 0.717) is 5.31 Å². The maximum Gasteiger partial charge on any atom is 0.120 e. The second-order valence-corrected chi connectivity index (χ2v) is 5.55. The third-order valence-electron chi connectivity index (χ3n) is 2.80. The summed E-state index contributed by atoms with van der Waals surface area (Å²) in [4.78, 5) is 0. The second kappa shape index (κ2) is 3.85. The zero-order valence-corrected chi connectivity index (χ0v) is 9.06. The standard InChI is InChI=1S/C11H22B/c1-9-5-7-10(8-6-9)12-11(2,3)4/h9-10H,5-8H2,1-4H3. The highest BCUT2D eigenvalue weighted by Crippen LogP contribution is 2.37. The summed E-state index contributed by atoms with van der Waals surface area (Å²) in [5, 5.41) is 0.422. The molecule has 1 aliphatic carbocycles. The zero-order chi connectivity index (χ0) is 9.19. The fraction of sp³-hybridized carbons (Fsp3) is 1.00. The fourth-order valence-corrected chi connectivity index (χ4v) is 2.16. The van der Waals surface area contributed by atoms with Gasteiger partial charge in [-0.1, -0.05) is 64.5 Å². The molecule has 0 bridgehead atoms. The number of rotatable bonds is 1. The minimum Gasteiger partial charge on any atom is -0.0682 e. The van der Waals surface area contributed by atoms with Crippen LogP contribution in [0, 0.1) is 5.92 Å². The van der Waals surface area contributed by atoms with Gasteiger partial charge in [0.25, 0.3) is 0 Å². The maximum atomic E-state index is 2.55. The lowest BCUT2D eigenvalue weighted by Gasteiger charge is -2.30. The van der Waals surface area contributed by atoms with Crippen LogP contribution in [0.2, 0.25) is 11.1 Å². The topological polar surface area (TPSA) is 0 Å². The highest BCUT2D eigenvalue weighted by molar-refractivity contribution is 6.41. The Hall–Kier alpha value is 0.0649. The third-order valence-corrected chi connectivity index (χ3v) is 2.80. The molecule has 69 valence electrons. The van der Waals surface area contributed by atoms with E-state index in [1.165, 1.54) is 25.7 Å². The molecule has 1 rings (SSSR count). The SMILES string of the molecule is CC1CCC([B]C(C)(C)C)CC1. The van der Waals surface area contributed by atoms with E-state index in [2.05, 4.69) is 35.0 Å². The Kier molecular flexibility index (Phi) is 3.26. The van der Waals surface area contributed by atoms with Crippen LogP contribution in [0.25, 0.3) is 0 Å². The Morgan fingerprint density at radius 1 is 1.00 bits per heavy atom. The van der Waals surface area contributed by atoms with Crippen LogP contribution in [0.4, 0.5) is 0 Å². The molecule has 1 radical (unpaired) electrons.